The molecule has 41 heavy (non-hydrogen) atoms. The molecule has 0 heterocycles. The zero-order chi connectivity index (χ0) is 30.2. The van der Waals surface area contributed by atoms with Gasteiger partial charge in [0, 0.05) is 42.4 Å². The van der Waals surface area contributed by atoms with E-state index in [0.29, 0.717) is 24.5 Å². The first kappa shape index (κ1) is 31.6. The third-order valence-electron chi connectivity index (χ3n) is 6.64. The maximum Gasteiger partial charge on any atom is 0.251 e. The highest BCUT2D eigenvalue weighted by molar-refractivity contribution is 7.92. The molecule has 0 aliphatic heterocycles. The lowest BCUT2D eigenvalue weighted by atomic mass is 9.92. The van der Waals surface area contributed by atoms with Crippen LogP contribution in [0.1, 0.15) is 36.2 Å². The van der Waals surface area contributed by atoms with E-state index in [1.807, 2.05) is 30.3 Å². The zero-order valence-electron chi connectivity index (χ0n) is 23.6. The molecule has 0 aromatic heterocycles. The fraction of sp³-hybridized carbons (Fsp3) is 0.333. The molecule has 220 valence electrons. The van der Waals surface area contributed by atoms with Gasteiger partial charge in [-0.15, -0.1) is 0 Å². The van der Waals surface area contributed by atoms with E-state index in [2.05, 4.69) is 10.6 Å². The summed E-state index contributed by atoms with van der Waals surface area (Å²) in [4.78, 5) is 26.3. The van der Waals surface area contributed by atoms with Crippen molar-refractivity contribution in [3.8, 4) is 5.75 Å². The van der Waals surface area contributed by atoms with Gasteiger partial charge in [-0.3, -0.25) is 13.9 Å². The quantitative estimate of drug-likeness (QED) is 0.279. The molecule has 0 saturated carbocycles. The van der Waals surface area contributed by atoms with E-state index in [-0.39, 0.29) is 23.6 Å². The van der Waals surface area contributed by atoms with Crippen molar-refractivity contribution in [3.63, 3.8) is 0 Å². The van der Waals surface area contributed by atoms with E-state index in [9.17, 15) is 22.4 Å². The number of hydrogen-bond acceptors (Lipinski definition) is 6. The van der Waals surface area contributed by atoms with E-state index >= 15 is 0 Å². The lowest BCUT2D eigenvalue weighted by Gasteiger charge is -2.27. The Kier molecular flexibility index (Phi) is 10.8. The molecule has 4 N–H and O–H groups in total. The third kappa shape index (κ3) is 9.29. The summed E-state index contributed by atoms with van der Waals surface area (Å²) in [5.41, 5.74) is 8.49. The van der Waals surface area contributed by atoms with Crippen LogP contribution in [0.25, 0.3) is 0 Å². The third-order valence-corrected chi connectivity index (χ3v) is 7.85. The van der Waals surface area contributed by atoms with Gasteiger partial charge in [-0.05, 0) is 61.7 Å². The van der Waals surface area contributed by atoms with Crippen LogP contribution in [0.4, 0.5) is 15.8 Å². The number of anilines is 2. The second-order valence-corrected chi connectivity index (χ2v) is 12.0. The topological polar surface area (TPSA) is 131 Å². The number of sulfonamides is 1. The van der Waals surface area contributed by atoms with Crippen molar-refractivity contribution in [2.24, 2.45) is 11.7 Å². The second kappa shape index (κ2) is 14.1. The average molecular weight is 585 g/mol. The molecule has 0 unspecified atom stereocenters. The maximum atomic E-state index is 13.5. The molecule has 0 radical (unpaired) electrons. The summed E-state index contributed by atoms with van der Waals surface area (Å²) in [6.07, 6.45) is 1.73. The number of nitrogens with zero attached hydrogens (tertiary/aromatic N) is 1. The van der Waals surface area contributed by atoms with Gasteiger partial charge in [-0.1, -0.05) is 37.3 Å². The van der Waals surface area contributed by atoms with Gasteiger partial charge in [-0.2, -0.15) is 0 Å². The lowest BCUT2D eigenvalue weighted by molar-refractivity contribution is -0.119. The summed E-state index contributed by atoms with van der Waals surface area (Å²) in [7, 11) is -2.19. The number of benzene rings is 3. The van der Waals surface area contributed by atoms with Crippen LogP contribution in [0.3, 0.4) is 0 Å². The first-order valence-corrected chi connectivity index (χ1v) is 15.1. The number of hydrogen-bond donors (Lipinski definition) is 3. The smallest absolute Gasteiger partial charge is 0.251 e. The molecule has 0 fully saturated rings. The van der Waals surface area contributed by atoms with Crippen LogP contribution < -0.4 is 25.4 Å². The molecule has 0 bridgehead atoms. The first-order chi connectivity index (χ1) is 19.4. The largest absolute Gasteiger partial charge is 0.494 e. The molecule has 3 atom stereocenters. The molecule has 0 spiro atoms. The number of carbonyl (C=O) groups is 2. The number of nitrogens with one attached hydrogen (secondary N) is 2. The van der Waals surface area contributed by atoms with Crippen molar-refractivity contribution in [1.82, 2.24) is 5.32 Å². The summed E-state index contributed by atoms with van der Waals surface area (Å²) in [6.45, 7) is 3.85. The first-order valence-electron chi connectivity index (χ1n) is 13.3. The summed E-state index contributed by atoms with van der Waals surface area (Å²) in [5, 5.41) is 5.76. The minimum absolute atomic E-state index is 0.203. The summed E-state index contributed by atoms with van der Waals surface area (Å²) < 4.78 is 44.2. The van der Waals surface area contributed by atoms with Crippen molar-refractivity contribution in [2.75, 3.05) is 29.5 Å². The Morgan fingerprint density at radius 1 is 1.05 bits per heavy atom. The molecule has 2 amide bonds. The molecular weight excluding hydrogens is 547 g/mol. The van der Waals surface area contributed by atoms with E-state index in [4.69, 9.17) is 10.5 Å². The van der Waals surface area contributed by atoms with Crippen LogP contribution in [0.15, 0.2) is 72.8 Å². The van der Waals surface area contributed by atoms with E-state index < -0.39 is 39.7 Å². The SMILES string of the molecule is CCOc1cc(C(=O)N[C@@H](Cc2ccccc2)[C@@H](N)C[C@@H](C)C(=O)Nc2ccc(F)cc2)cc(N(C)S(C)(=O)=O)c1. The Hall–Kier alpha value is -3.96. The van der Waals surface area contributed by atoms with E-state index in [0.717, 1.165) is 16.1 Å². The van der Waals surface area contributed by atoms with Crippen molar-refractivity contribution in [1.29, 1.82) is 0 Å². The highest BCUT2D eigenvalue weighted by atomic mass is 32.2. The van der Waals surface area contributed by atoms with Crippen LogP contribution in [0.5, 0.6) is 5.75 Å². The van der Waals surface area contributed by atoms with Crippen LogP contribution in [0, 0.1) is 11.7 Å². The molecule has 0 aliphatic rings. The second-order valence-electron chi connectivity index (χ2n) is 9.95. The average Bonchev–Trinajstić information content (AvgIpc) is 2.93. The van der Waals surface area contributed by atoms with Crippen LogP contribution in [0.2, 0.25) is 0 Å². The summed E-state index contributed by atoms with van der Waals surface area (Å²) >= 11 is 0. The maximum absolute atomic E-state index is 13.5. The minimum Gasteiger partial charge on any atom is -0.494 e. The van der Waals surface area contributed by atoms with Crippen molar-refractivity contribution < 1.29 is 27.1 Å². The van der Waals surface area contributed by atoms with Crippen molar-refractivity contribution >= 4 is 33.2 Å². The van der Waals surface area contributed by atoms with Gasteiger partial charge in [0.1, 0.15) is 11.6 Å². The number of halogens is 1. The highest BCUT2D eigenvalue weighted by Gasteiger charge is 2.26. The fourth-order valence-corrected chi connectivity index (χ4v) is 4.73. The molecule has 9 nitrogen and oxygen atoms in total. The molecule has 0 aliphatic carbocycles. The number of nitrogens with two attached hydrogens (primary N) is 1. The minimum atomic E-state index is -3.58. The standard InChI is InChI=1S/C30H37FN4O5S/c1-5-40-26-18-22(17-25(19-26)35(3)41(4,38)39)30(37)34-28(16-21-9-7-6-8-10-21)27(32)15-20(2)29(36)33-24-13-11-23(31)12-14-24/h6-14,17-20,27-28H,5,15-16,32H2,1-4H3,(H,33,36)(H,34,37)/t20-,27+,28+/m1/s1. The Morgan fingerprint density at radius 3 is 2.32 bits per heavy atom. The number of amides is 2. The summed E-state index contributed by atoms with van der Waals surface area (Å²) in [5.74, 6) is -1.31. The van der Waals surface area contributed by atoms with Gasteiger partial charge >= 0.3 is 0 Å². The Labute approximate surface area is 240 Å². The van der Waals surface area contributed by atoms with Gasteiger partial charge in [0.15, 0.2) is 0 Å². The van der Waals surface area contributed by atoms with E-state index in [1.165, 1.54) is 37.4 Å². The van der Waals surface area contributed by atoms with Crippen LogP contribution >= 0.6 is 0 Å². The number of rotatable bonds is 13. The van der Waals surface area contributed by atoms with Crippen LogP contribution in [-0.2, 0) is 21.2 Å². The monoisotopic (exact) mass is 584 g/mol. The molecule has 3 aromatic rings. The normalized spacial score (nSPS) is 13.5. The summed E-state index contributed by atoms with van der Waals surface area (Å²) in [6, 6.07) is 18.4. The number of ether oxygens (including phenoxy) is 1. The van der Waals surface area contributed by atoms with Gasteiger partial charge in [-0.25, -0.2) is 12.8 Å². The van der Waals surface area contributed by atoms with Gasteiger partial charge in [0.05, 0.1) is 18.6 Å². The van der Waals surface area contributed by atoms with Crippen molar-refractivity contribution in [3.05, 3.63) is 89.7 Å². The molecule has 3 aromatic carbocycles. The predicted molar refractivity (Wildman–Crippen MR) is 159 cm³/mol. The van der Waals surface area contributed by atoms with Gasteiger partial charge in [0.25, 0.3) is 5.91 Å². The predicted octanol–water partition coefficient (Wildman–Crippen LogP) is 3.95. The highest BCUT2D eigenvalue weighted by Crippen LogP contribution is 2.26. The zero-order valence-corrected chi connectivity index (χ0v) is 24.5. The fourth-order valence-electron chi connectivity index (χ4n) is 4.25. The van der Waals surface area contributed by atoms with Gasteiger partial charge in [0.2, 0.25) is 15.9 Å². The number of carbonyl (C=O) groups excluding carboxylic acids is 2. The Morgan fingerprint density at radius 2 is 1.71 bits per heavy atom. The van der Waals surface area contributed by atoms with Crippen molar-refractivity contribution in [2.45, 2.75) is 38.8 Å². The molecule has 3 rings (SSSR count). The Balaban J connectivity index is 1.82. The molecular formula is C30H37FN4O5S. The Bertz CT molecular complexity index is 1430. The van der Waals surface area contributed by atoms with Gasteiger partial charge < -0.3 is 21.1 Å². The molecule has 0 saturated heterocycles. The van der Waals surface area contributed by atoms with E-state index in [1.54, 1.807) is 26.0 Å². The molecule has 11 heteroatoms. The lowest BCUT2D eigenvalue weighted by Crippen LogP contribution is -2.50. The van der Waals surface area contributed by atoms with Crippen LogP contribution in [-0.4, -0.2) is 52.2 Å².